The van der Waals surface area contributed by atoms with Gasteiger partial charge >= 0.3 is 6.18 Å². The van der Waals surface area contributed by atoms with Crippen LogP contribution >= 0.6 is 0 Å². The molecule has 1 aromatic heterocycles. The normalized spacial score (nSPS) is 14.9. The fourth-order valence-corrected chi connectivity index (χ4v) is 4.85. The van der Waals surface area contributed by atoms with E-state index in [1.54, 1.807) is 53.2 Å². The summed E-state index contributed by atoms with van der Waals surface area (Å²) in [5.41, 5.74) is 0.815. The number of sulfone groups is 1. The van der Waals surface area contributed by atoms with Gasteiger partial charge < -0.3 is 4.85 Å². The fraction of sp³-hybridized carbons (Fsp3) is 0.185. The van der Waals surface area contributed by atoms with Gasteiger partial charge in [0.1, 0.15) is 11.5 Å². The molecule has 0 amide bonds. The summed E-state index contributed by atoms with van der Waals surface area (Å²) in [6.07, 6.45) is -0.555. The summed E-state index contributed by atoms with van der Waals surface area (Å²) in [6, 6.07) is 18.9. The Labute approximate surface area is 206 Å². The first-order valence-corrected chi connectivity index (χ1v) is 13.0. The van der Waals surface area contributed by atoms with E-state index in [-0.39, 0.29) is 16.3 Å². The molecule has 5 rings (SSSR count). The maximum atomic E-state index is 13.8. The van der Waals surface area contributed by atoms with Crippen molar-refractivity contribution in [3.63, 3.8) is 0 Å². The van der Waals surface area contributed by atoms with Crippen molar-refractivity contribution in [3.8, 4) is 28.2 Å². The smallest absolute Gasteiger partial charge is 0.303 e. The van der Waals surface area contributed by atoms with Crippen LogP contribution in [0.1, 0.15) is 24.1 Å². The van der Waals surface area contributed by atoms with Gasteiger partial charge in [-0.05, 0) is 41.5 Å². The number of nitrogens with zero attached hydrogens (tertiary/aromatic N) is 3. The Bertz CT molecular complexity index is 1610. The summed E-state index contributed by atoms with van der Waals surface area (Å²) < 4.78 is 66.9. The number of hydrogen-bond donors (Lipinski definition) is 0. The van der Waals surface area contributed by atoms with Crippen LogP contribution in [-0.2, 0) is 21.6 Å². The molecule has 0 atom stereocenters. The Morgan fingerprint density at radius 3 is 2.28 bits per heavy atom. The van der Waals surface area contributed by atoms with Gasteiger partial charge in [-0.2, -0.15) is 13.2 Å². The molecule has 0 saturated heterocycles. The zero-order chi connectivity index (χ0) is 25.7. The number of aromatic nitrogens is 2. The number of halogens is 3. The van der Waals surface area contributed by atoms with E-state index in [1.807, 2.05) is 0 Å². The first-order valence-electron chi connectivity index (χ1n) is 11.1. The van der Waals surface area contributed by atoms with Gasteiger partial charge in [-0.25, -0.2) is 20.0 Å². The molecule has 1 fully saturated rings. The van der Waals surface area contributed by atoms with Crippen molar-refractivity contribution in [2.24, 2.45) is 0 Å². The summed E-state index contributed by atoms with van der Waals surface area (Å²) in [5.74, 6) is 0.111. The van der Waals surface area contributed by atoms with Crippen LogP contribution in [0.2, 0.25) is 0 Å². The molecular weight excluding hydrogens is 487 g/mol. The van der Waals surface area contributed by atoms with E-state index >= 15 is 0 Å². The highest BCUT2D eigenvalue weighted by Crippen LogP contribution is 2.50. The van der Waals surface area contributed by atoms with Crippen LogP contribution in [0.5, 0.6) is 0 Å². The van der Waals surface area contributed by atoms with Gasteiger partial charge in [-0.15, -0.1) is 0 Å². The molecule has 5 nitrogen and oxygen atoms in total. The number of hydrogen-bond acceptors (Lipinski definition) is 3. The van der Waals surface area contributed by atoms with Gasteiger partial charge in [0.2, 0.25) is 0 Å². The highest BCUT2D eigenvalue weighted by atomic mass is 32.2. The standard InChI is InChI=1S/C27H20F3N3O2S/c1-31-26(14-15-26)24-17-33(25(32-24)22-8-3-4-9-23(22)27(28,29)30)20-12-10-18(11-13-20)19-6-5-7-21(16-19)36(2,34)35/h3-13,16-17H,14-15H2,2H3. The van der Waals surface area contributed by atoms with Gasteiger partial charge in [0.25, 0.3) is 5.54 Å². The minimum atomic E-state index is -4.57. The van der Waals surface area contributed by atoms with E-state index in [9.17, 15) is 21.6 Å². The Morgan fingerprint density at radius 1 is 0.972 bits per heavy atom. The summed E-state index contributed by atoms with van der Waals surface area (Å²) in [6.45, 7) is 7.57. The lowest BCUT2D eigenvalue weighted by atomic mass is 10.0. The van der Waals surface area contributed by atoms with Gasteiger partial charge in [0, 0.05) is 36.5 Å². The third-order valence-corrected chi connectivity index (χ3v) is 7.44. The average molecular weight is 508 g/mol. The third kappa shape index (κ3) is 4.29. The second-order valence-corrected chi connectivity index (χ2v) is 10.9. The Kier molecular flexibility index (Phi) is 5.52. The largest absolute Gasteiger partial charge is 0.417 e. The molecule has 0 radical (unpaired) electrons. The minimum absolute atomic E-state index is 0.0676. The molecule has 1 saturated carbocycles. The van der Waals surface area contributed by atoms with Crippen molar-refractivity contribution in [1.29, 1.82) is 0 Å². The van der Waals surface area contributed by atoms with E-state index in [0.29, 0.717) is 29.8 Å². The van der Waals surface area contributed by atoms with E-state index < -0.39 is 27.1 Å². The third-order valence-electron chi connectivity index (χ3n) is 6.33. The van der Waals surface area contributed by atoms with Crippen molar-refractivity contribution < 1.29 is 21.6 Å². The molecule has 0 bridgehead atoms. The van der Waals surface area contributed by atoms with Crippen LogP contribution in [0.4, 0.5) is 13.2 Å². The quantitative estimate of drug-likeness (QED) is 0.288. The molecule has 0 spiro atoms. The molecule has 3 aromatic carbocycles. The predicted octanol–water partition coefficient (Wildman–Crippen LogP) is 6.54. The molecule has 182 valence electrons. The zero-order valence-corrected chi connectivity index (χ0v) is 19.9. The van der Waals surface area contributed by atoms with E-state index in [4.69, 9.17) is 6.57 Å². The van der Waals surface area contributed by atoms with Crippen molar-refractivity contribution in [2.45, 2.75) is 29.5 Å². The summed E-state index contributed by atoms with van der Waals surface area (Å²) in [4.78, 5) is 8.43. The lowest BCUT2D eigenvalue weighted by molar-refractivity contribution is -0.137. The minimum Gasteiger partial charge on any atom is -0.303 e. The van der Waals surface area contributed by atoms with Crippen LogP contribution in [0.15, 0.2) is 83.9 Å². The highest BCUT2D eigenvalue weighted by molar-refractivity contribution is 7.90. The van der Waals surface area contributed by atoms with Gasteiger partial charge in [0.05, 0.1) is 10.5 Å². The molecule has 1 heterocycles. The molecule has 0 aliphatic heterocycles. The fourth-order valence-electron chi connectivity index (χ4n) is 4.18. The Hall–Kier alpha value is -3.90. The van der Waals surface area contributed by atoms with E-state index in [0.717, 1.165) is 17.9 Å². The number of alkyl halides is 3. The topological polar surface area (TPSA) is 56.3 Å². The molecule has 1 aliphatic carbocycles. The van der Waals surface area contributed by atoms with Crippen molar-refractivity contribution >= 4 is 9.84 Å². The first kappa shape index (κ1) is 23.8. The van der Waals surface area contributed by atoms with Crippen LogP contribution < -0.4 is 0 Å². The molecule has 0 N–H and O–H groups in total. The summed E-state index contributed by atoms with van der Waals surface area (Å²) in [5, 5.41) is 0. The van der Waals surface area contributed by atoms with Crippen molar-refractivity contribution in [2.75, 3.05) is 6.26 Å². The van der Waals surface area contributed by atoms with Gasteiger partial charge in [0.15, 0.2) is 9.84 Å². The van der Waals surface area contributed by atoms with E-state index in [2.05, 4.69) is 9.83 Å². The highest BCUT2D eigenvalue weighted by Gasteiger charge is 2.55. The number of benzene rings is 3. The van der Waals surface area contributed by atoms with Crippen LogP contribution in [0, 0.1) is 6.57 Å². The zero-order valence-electron chi connectivity index (χ0n) is 19.1. The summed E-state index contributed by atoms with van der Waals surface area (Å²) in [7, 11) is -3.37. The molecule has 36 heavy (non-hydrogen) atoms. The Morgan fingerprint density at radius 2 is 1.67 bits per heavy atom. The Balaban J connectivity index is 1.62. The average Bonchev–Trinajstić information content (AvgIpc) is 3.53. The maximum Gasteiger partial charge on any atom is 0.417 e. The number of rotatable bonds is 5. The molecule has 0 unspecified atom stereocenters. The lowest BCUT2D eigenvalue weighted by Crippen LogP contribution is -2.09. The van der Waals surface area contributed by atoms with Gasteiger partial charge in [-0.3, -0.25) is 4.57 Å². The lowest BCUT2D eigenvalue weighted by Gasteiger charge is -2.14. The summed E-state index contributed by atoms with van der Waals surface area (Å²) >= 11 is 0. The second kappa shape index (κ2) is 8.35. The van der Waals surface area contributed by atoms with Crippen LogP contribution in [0.25, 0.3) is 33.0 Å². The molecule has 1 aliphatic rings. The molecular formula is C27H20F3N3O2S. The maximum absolute atomic E-state index is 13.8. The van der Waals surface area contributed by atoms with Crippen molar-refractivity contribution in [3.05, 3.63) is 102 Å². The SMILES string of the molecule is [C-]#[N+]C1(c2cn(-c3ccc(-c4cccc(S(C)(=O)=O)c4)cc3)c(-c3ccccc3C(F)(F)F)n2)CC1. The molecule has 4 aromatic rings. The second-order valence-electron chi connectivity index (χ2n) is 8.85. The van der Waals surface area contributed by atoms with Gasteiger partial charge in [-0.1, -0.05) is 42.5 Å². The van der Waals surface area contributed by atoms with Crippen LogP contribution in [-0.4, -0.2) is 24.2 Å². The van der Waals surface area contributed by atoms with Crippen LogP contribution in [0.3, 0.4) is 0 Å². The first-order chi connectivity index (χ1) is 17.0. The monoisotopic (exact) mass is 507 g/mol. The van der Waals surface area contributed by atoms with Crippen molar-refractivity contribution in [1.82, 2.24) is 9.55 Å². The van der Waals surface area contributed by atoms with E-state index in [1.165, 1.54) is 24.3 Å². The molecule has 9 heteroatoms. The predicted molar refractivity (Wildman–Crippen MR) is 130 cm³/mol. The number of imidazole rings is 1.